The van der Waals surface area contributed by atoms with E-state index in [1.807, 2.05) is 0 Å². The van der Waals surface area contributed by atoms with Crippen molar-refractivity contribution in [3.05, 3.63) is 81.8 Å². The minimum Gasteiger partial charge on any atom is -0.324 e. The number of carbonyl (C=O) groups excluding carboxylic acids is 1. The molecule has 0 aromatic heterocycles. The van der Waals surface area contributed by atoms with Crippen molar-refractivity contribution in [1.82, 2.24) is 0 Å². The molecule has 1 amide bonds. The molecule has 0 aliphatic carbocycles. The molecule has 2 N–H and O–H groups in total. The second-order valence-corrected chi connectivity index (χ2v) is 12.6. The highest BCUT2D eigenvalue weighted by Gasteiger charge is 2.30. The van der Waals surface area contributed by atoms with Gasteiger partial charge in [-0.05, 0) is 80.4 Å². The van der Waals surface area contributed by atoms with Gasteiger partial charge in [0.15, 0.2) is 0 Å². The topological polar surface area (TPSA) is 113 Å². The van der Waals surface area contributed by atoms with Crippen LogP contribution in [0.3, 0.4) is 0 Å². The first-order valence-electron chi connectivity index (χ1n) is 10.6. The van der Waals surface area contributed by atoms with Crippen LogP contribution in [0, 0.1) is 13.8 Å². The smallest absolute Gasteiger partial charge is 0.261 e. The van der Waals surface area contributed by atoms with E-state index in [1.165, 1.54) is 43.3 Å². The van der Waals surface area contributed by atoms with E-state index in [9.17, 15) is 21.6 Å². The normalized spacial score (nSPS) is 12.6. The molecule has 0 bridgehead atoms. The molecule has 0 aliphatic rings. The molecule has 192 valence electrons. The first-order chi connectivity index (χ1) is 16.7. The summed E-state index contributed by atoms with van der Waals surface area (Å²) in [6, 6.07) is 14.0. The molecule has 1 atom stereocenters. The Kier molecular flexibility index (Phi) is 8.24. The van der Waals surface area contributed by atoms with E-state index < -0.39 is 32.0 Å². The first kappa shape index (κ1) is 27.8. The second-order valence-electron chi connectivity index (χ2n) is 8.25. The molecule has 8 nitrogen and oxygen atoms in total. The Bertz CT molecular complexity index is 1510. The van der Waals surface area contributed by atoms with Crippen molar-refractivity contribution in [2.75, 3.05) is 20.6 Å². The number of hydrogen-bond acceptors (Lipinski definition) is 5. The highest BCUT2D eigenvalue weighted by Crippen LogP contribution is 2.29. The number of carbonyl (C=O) groups is 1. The molecule has 3 rings (SSSR count). The predicted molar refractivity (Wildman–Crippen MR) is 145 cm³/mol. The summed E-state index contributed by atoms with van der Waals surface area (Å²) in [5.41, 5.74) is 2.33. The Labute approximate surface area is 221 Å². The van der Waals surface area contributed by atoms with Crippen molar-refractivity contribution < 1.29 is 21.6 Å². The van der Waals surface area contributed by atoms with Crippen molar-refractivity contribution in [2.24, 2.45) is 0 Å². The van der Waals surface area contributed by atoms with Crippen LogP contribution in [0.5, 0.6) is 0 Å². The minimum absolute atomic E-state index is 0.0300. The summed E-state index contributed by atoms with van der Waals surface area (Å²) in [4.78, 5) is 12.9. The molecule has 0 saturated heterocycles. The van der Waals surface area contributed by atoms with Crippen molar-refractivity contribution in [3.63, 3.8) is 0 Å². The molecule has 0 spiro atoms. The molecule has 12 heteroatoms. The molecular weight excluding hydrogens is 545 g/mol. The van der Waals surface area contributed by atoms with E-state index in [4.69, 9.17) is 23.2 Å². The number of nitrogens with one attached hydrogen (secondary N) is 2. The van der Waals surface area contributed by atoms with Gasteiger partial charge in [-0.3, -0.25) is 13.8 Å². The summed E-state index contributed by atoms with van der Waals surface area (Å²) in [7, 11) is -7.74. The molecule has 3 aromatic carbocycles. The number of anilines is 3. The Morgan fingerprint density at radius 3 is 2.03 bits per heavy atom. The summed E-state index contributed by atoms with van der Waals surface area (Å²) in [5.74, 6) is -0.608. The van der Waals surface area contributed by atoms with Crippen LogP contribution in [-0.4, -0.2) is 35.0 Å². The second kappa shape index (κ2) is 10.7. The predicted octanol–water partition coefficient (Wildman–Crippen LogP) is 5.20. The van der Waals surface area contributed by atoms with Gasteiger partial charge in [0.2, 0.25) is 15.9 Å². The number of nitrogens with zero attached hydrogens (tertiary/aromatic N) is 1. The van der Waals surface area contributed by atoms with E-state index in [1.54, 1.807) is 38.1 Å². The number of aryl methyl sites for hydroxylation is 2. The fourth-order valence-corrected chi connectivity index (χ4v) is 6.06. The molecular formula is C24H25Cl2N3O5S2. The van der Waals surface area contributed by atoms with Crippen LogP contribution in [-0.2, 0) is 24.8 Å². The van der Waals surface area contributed by atoms with Gasteiger partial charge < -0.3 is 5.32 Å². The lowest BCUT2D eigenvalue weighted by molar-refractivity contribution is -0.116. The van der Waals surface area contributed by atoms with Crippen LogP contribution in [0.2, 0.25) is 10.0 Å². The Hall–Kier alpha value is -2.79. The average molecular weight is 571 g/mol. The van der Waals surface area contributed by atoms with E-state index in [0.29, 0.717) is 27.0 Å². The fourth-order valence-electron chi connectivity index (χ4n) is 3.44. The van der Waals surface area contributed by atoms with Gasteiger partial charge in [0.05, 0.1) is 22.5 Å². The van der Waals surface area contributed by atoms with Crippen LogP contribution in [0.25, 0.3) is 0 Å². The molecule has 0 heterocycles. The quantitative estimate of drug-likeness (QED) is 0.387. The van der Waals surface area contributed by atoms with Gasteiger partial charge in [0.25, 0.3) is 10.0 Å². The van der Waals surface area contributed by atoms with Gasteiger partial charge in [-0.1, -0.05) is 35.3 Å². The number of amides is 1. The number of benzene rings is 3. The van der Waals surface area contributed by atoms with Crippen LogP contribution in [0.15, 0.2) is 65.6 Å². The van der Waals surface area contributed by atoms with Crippen LogP contribution >= 0.6 is 23.2 Å². The Balaban J connectivity index is 1.79. The Morgan fingerprint density at radius 1 is 0.861 bits per heavy atom. The maximum absolute atomic E-state index is 13.0. The zero-order valence-corrected chi connectivity index (χ0v) is 23.1. The highest BCUT2D eigenvalue weighted by molar-refractivity contribution is 7.92. The average Bonchev–Trinajstić information content (AvgIpc) is 2.78. The zero-order chi connectivity index (χ0) is 26.8. The lowest BCUT2D eigenvalue weighted by Crippen LogP contribution is -2.45. The van der Waals surface area contributed by atoms with Gasteiger partial charge in [0, 0.05) is 15.7 Å². The number of halogens is 2. The maximum Gasteiger partial charge on any atom is 0.261 e. The molecule has 0 saturated carbocycles. The first-order valence-corrected chi connectivity index (χ1v) is 14.7. The lowest BCUT2D eigenvalue weighted by Gasteiger charge is -2.29. The standard InChI is InChI=1S/C24H25Cl2N3O5S2/c1-15-6-8-20(14-22(15)26)28-36(33,34)21-11-9-19(10-12-21)27-24(30)17(3)29(35(4,31)32)23-13-18(25)7-5-16(23)2/h5-14,17,28H,1-4H3,(H,27,30)/t17-/m1/s1. The maximum atomic E-state index is 13.0. The Morgan fingerprint density at radius 2 is 1.44 bits per heavy atom. The van der Waals surface area contributed by atoms with Crippen LogP contribution < -0.4 is 14.3 Å². The van der Waals surface area contributed by atoms with Gasteiger partial charge in [-0.15, -0.1) is 0 Å². The zero-order valence-electron chi connectivity index (χ0n) is 19.9. The van der Waals surface area contributed by atoms with E-state index in [0.717, 1.165) is 16.1 Å². The largest absolute Gasteiger partial charge is 0.324 e. The number of rotatable bonds is 8. The molecule has 0 aliphatic heterocycles. The summed E-state index contributed by atoms with van der Waals surface area (Å²) in [5, 5.41) is 3.39. The molecule has 0 fully saturated rings. The number of hydrogen-bond donors (Lipinski definition) is 2. The van der Waals surface area contributed by atoms with Crippen molar-refractivity contribution in [1.29, 1.82) is 0 Å². The summed E-state index contributed by atoms with van der Waals surface area (Å²) in [6.45, 7) is 4.97. The summed E-state index contributed by atoms with van der Waals surface area (Å²) >= 11 is 12.1. The third kappa shape index (κ3) is 6.50. The molecule has 0 unspecified atom stereocenters. The summed E-state index contributed by atoms with van der Waals surface area (Å²) in [6.07, 6.45) is 1.00. The van der Waals surface area contributed by atoms with E-state index in [-0.39, 0.29) is 10.6 Å². The van der Waals surface area contributed by atoms with Gasteiger partial charge in [0.1, 0.15) is 6.04 Å². The highest BCUT2D eigenvalue weighted by atomic mass is 35.5. The van der Waals surface area contributed by atoms with Crippen LogP contribution in [0.4, 0.5) is 17.1 Å². The number of sulfonamides is 2. The van der Waals surface area contributed by atoms with Crippen LogP contribution in [0.1, 0.15) is 18.1 Å². The lowest BCUT2D eigenvalue weighted by atomic mass is 10.1. The molecule has 0 radical (unpaired) electrons. The van der Waals surface area contributed by atoms with E-state index >= 15 is 0 Å². The van der Waals surface area contributed by atoms with Crippen molar-refractivity contribution >= 4 is 66.2 Å². The molecule has 36 heavy (non-hydrogen) atoms. The fraction of sp³-hybridized carbons (Fsp3) is 0.208. The van der Waals surface area contributed by atoms with Crippen molar-refractivity contribution in [2.45, 2.75) is 31.7 Å². The molecule has 3 aromatic rings. The van der Waals surface area contributed by atoms with Gasteiger partial charge in [-0.25, -0.2) is 16.8 Å². The SMILES string of the molecule is Cc1ccc(NS(=O)(=O)c2ccc(NC(=O)[C@@H](C)N(c3cc(Cl)ccc3C)S(C)(=O)=O)cc2)cc1Cl. The monoisotopic (exact) mass is 569 g/mol. The minimum atomic E-state index is -3.90. The van der Waals surface area contributed by atoms with E-state index in [2.05, 4.69) is 10.0 Å². The third-order valence-corrected chi connectivity index (χ3v) is 8.62. The summed E-state index contributed by atoms with van der Waals surface area (Å²) < 4.78 is 54.0. The van der Waals surface area contributed by atoms with Crippen molar-refractivity contribution in [3.8, 4) is 0 Å². The third-order valence-electron chi connectivity index (χ3n) is 5.35. The van der Waals surface area contributed by atoms with Gasteiger partial charge in [-0.2, -0.15) is 0 Å². The van der Waals surface area contributed by atoms with Gasteiger partial charge >= 0.3 is 0 Å².